The monoisotopic (exact) mass is 299 g/mol. The molecule has 2 aromatic carbocycles. The van der Waals surface area contributed by atoms with Gasteiger partial charge in [0.2, 0.25) is 5.91 Å². The third kappa shape index (κ3) is 3.26. The zero-order valence-electron chi connectivity index (χ0n) is 11.7. The molecule has 2 aromatic rings. The van der Waals surface area contributed by atoms with Gasteiger partial charge >= 0.3 is 0 Å². The van der Waals surface area contributed by atoms with Crippen molar-refractivity contribution in [2.75, 3.05) is 5.32 Å². The van der Waals surface area contributed by atoms with E-state index in [1.165, 1.54) is 30.3 Å². The molecule has 0 aliphatic heterocycles. The van der Waals surface area contributed by atoms with Gasteiger partial charge in [-0.2, -0.15) is 0 Å². The highest BCUT2D eigenvalue weighted by Crippen LogP contribution is 2.19. The van der Waals surface area contributed by atoms with Crippen LogP contribution in [0.1, 0.15) is 26.3 Å². The summed E-state index contributed by atoms with van der Waals surface area (Å²) in [5.74, 6) is -0.950. The van der Waals surface area contributed by atoms with Gasteiger partial charge in [-0.15, -0.1) is 0 Å². The summed E-state index contributed by atoms with van der Waals surface area (Å²) in [4.78, 5) is 33.3. The summed E-state index contributed by atoms with van der Waals surface area (Å²) in [6.45, 7) is 1.57. The SMILES string of the molecule is Cc1cc(C(=O)Nc2ccc(C(N)=O)cc2)ccc1[N+](=O)[O-]. The third-order valence-electron chi connectivity index (χ3n) is 3.08. The molecule has 0 aliphatic rings. The highest BCUT2D eigenvalue weighted by atomic mass is 16.6. The first-order chi connectivity index (χ1) is 10.4. The molecule has 112 valence electrons. The molecule has 0 radical (unpaired) electrons. The number of amides is 2. The van der Waals surface area contributed by atoms with Crippen molar-refractivity contribution in [1.82, 2.24) is 0 Å². The van der Waals surface area contributed by atoms with E-state index in [1.807, 2.05) is 0 Å². The smallest absolute Gasteiger partial charge is 0.272 e. The molecule has 0 aromatic heterocycles. The number of primary amides is 1. The lowest BCUT2D eigenvalue weighted by molar-refractivity contribution is -0.385. The minimum Gasteiger partial charge on any atom is -0.366 e. The number of benzene rings is 2. The average Bonchev–Trinajstić information content (AvgIpc) is 2.47. The summed E-state index contributed by atoms with van der Waals surface area (Å²) < 4.78 is 0. The third-order valence-corrected chi connectivity index (χ3v) is 3.08. The summed E-state index contributed by atoms with van der Waals surface area (Å²) in [5.41, 5.74) is 6.63. The predicted octanol–water partition coefficient (Wildman–Crippen LogP) is 2.25. The van der Waals surface area contributed by atoms with Crippen molar-refractivity contribution in [3.8, 4) is 0 Å². The van der Waals surface area contributed by atoms with Gasteiger partial charge < -0.3 is 11.1 Å². The first-order valence-corrected chi connectivity index (χ1v) is 6.35. The van der Waals surface area contributed by atoms with Crippen LogP contribution in [0.3, 0.4) is 0 Å². The van der Waals surface area contributed by atoms with Crippen molar-refractivity contribution in [1.29, 1.82) is 0 Å². The second-order valence-electron chi connectivity index (χ2n) is 4.65. The van der Waals surface area contributed by atoms with E-state index in [0.717, 1.165) is 0 Å². The molecule has 0 unspecified atom stereocenters. The summed E-state index contributed by atoms with van der Waals surface area (Å²) >= 11 is 0. The Bertz CT molecular complexity index is 754. The number of nitro benzene ring substituents is 1. The van der Waals surface area contributed by atoms with Crippen LogP contribution in [0.5, 0.6) is 0 Å². The molecule has 7 heteroatoms. The lowest BCUT2D eigenvalue weighted by Crippen LogP contribution is -2.13. The highest BCUT2D eigenvalue weighted by molar-refractivity contribution is 6.04. The molecule has 2 amide bonds. The van der Waals surface area contributed by atoms with Crippen LogP contribution in [0, 0.1) is 17.0 Å². The molecule has 0 fully saturated rings. The summed E-state index contributed by atoms with van der Waals surface area (Å²) in [6, 6.07) is 10.2. The van der Waals surface area contributed by atoms with E-state index in [9.17, 15) is 19.7 Å². The van der Waals surface area contributed by atoms with Crippen molar-refractivity contribution in [3.63, 3.8) is 0 Å². The fourth-order valence-electron chi connectivity index (χ4n) is 1.92. The van der Waals surface area contributed by atoms with Gasteiger partial charge in [0.25, 0.3) is 11.6 Å². The van der Waals surface area contributed by atoms with Crippen LogP contribution in [0.25, 0.3) is 0 Å². The Morgan fingerprint density at radius 2 is 1.68 bits per heavy atom. The second-order valence-corrected chi connectivity index (χ2v) is 4.65. The van der Waals surface area contributed by atoms with Crippen molar-refractivity contribution in [3.05, 3.63) is 69.3 Å². The number of nitrogens with zero attached hydrogens (tertiary/aromatic N) is 1. The topological polar surface area (TPSA) is 115 Å². The number of carbonyl (C=O) groups excluding carboxylic acids is 2. The molecule has 0 atom stereocenters. The number of aryl methyl sites for hydroxylation is 1. The average molecular weight is 299 g/mol. The number of nitro groups is 1. The summed E-state index contributed by atoms with van der Waals surface area (Å²) in [5, 5.41) is 13.4. The van der Waals surface area contributed by atoms with Crippen LogP contribution in [0.15, 0.2) is 42.5 Å². The molecule has 22 heavy (non-hydrogen) atoms. The van der Waals surface area contributed by atoms with E-state index in [1.54, 1.807) is 19.1 Å². The van der Waals surface area contributed by atoms with Gasteiger partial charge in [-0.05, 0) is 43.3 Å². The fourth-order valence-corrected chi connectivity index (χ4v) is 1.92. The number of nitrogens with one attached hydrogen (secondary N) is 1. The Morgan fingerprint density at radius 3 is 2.18 bits per heavy atom. The number of nitrogens with two attached hydrogens (primary N) is 1. The zero-order valence-corrected chi connectivity index (χ0v) is 11.7. The number of carbonyl (C=O) groups is 2. The molecule has 3 N–H and O–H groups in total. The Hall–Kier alpha value is -3.22. The molecule has 0 saturated carbocycles. The molecule has 0 aliphatic carbocycles. The van der Waals surface area contributed by atoms with E-state index in [-0.39, 0.29) is 5.69 Å². The Labute approximate surface area is 125 Å². The normalized spacial score (nSPS) is 10.0. The maximum atomic E-state index is 12.1. The highest BCUT2D eigenvalue weighted by Gasteiger charge is 2.14. The predicted molar refractivity (Wildman–Crippen MR) is 80.7 cm³/mol. The maximum absolute atomic E-state index is 12.1. The molecule has 0 heterocycles. The Kier molecular flexibility index (Phi) is 4.17. The second kappa shape index (κ2) is 6.04. The van der Waals surface area contributed by atoms with Crippen LogP contribution in [-0.2, 0) is 0 Å². The van der Waals surface area contributed by atoms with Gasteiger partial charge in [0.1, 0.15) is 0 Å². The largest absolute Gasteiger partial charge is 0.366 e. The molecule has 2 rings (SSSR count). The first-order valence-electron chi connectivity index (χ1n) is 6.35. The standard InChI is InChI=1S/C15H13N3O4/c1-9-8-11(4-7-13(9)18(21)22)15(20)17-12-5-2-10(3-6-12)14(16)19/h2-8H,1H3,(H2,16,19)(H,17,20). The van der Waals surface area contributed by atoms with Crippen LogP contribution >= 0.6 is 0 Å². The van der Waals surface area contributed by atoms with Crippen LogP contribution < -0.4 is 11.1 Å². The molecular weight excluding hydrogens is 286 g/mol. The summed E-state index contributed by atoms with van der Waals surface area (Å²) in [7, 11) is 0. The summed E-state index contributed by atoms with van der Waals surface area (Å²) in [6.07, 6.45) is 0. The van der Waals surface area contributed by atoms with Gasteiger partial charge in [-0.3, -0.25) is 19.7 Å². The maximum Gasteiger partial charge on any atom is 0.272 e. The number of anilines is 1. The van der Waals surface area contributed by atoms with Crippen LogP contribution in [0.2, 0.25) is 0 Å². The lowest BCUT2D eigenvalue weighted by atomic mass is 10.1. The van der Waals surface area contributed by atoms with Crippen molar-refractivity contribution >= 4 is 23.2 Å². The van der Waals surface area contributed by atoms with Gasteiger partial charge in [-0.1, -0.05) is 0 Å². The number of rotatable bonds is 4. The van der Waals surface area contributed by atoms with Crippen molar-refractivity contribution < 1.29 is 14.5 Å². The zero-order chi connectivity index (χ0) is 16.3. The molecular formula is C15H13N3O4. The van der Waals surface area contributed by atoms with E-state index in [0.29, 0.717) is 22.4 Å². The van der Waals surface area contributed by atoms with Crippen LogP contribution in [-0.4, -0.2) is 16.7 Å². The van der Waals surface area contributed by atoms with Gasteiger partial charge in [0.05, 0.1) is 4.92 Å². The van der Waals surface area contributed by atoms with Crippen LogP contribution in [0.4, 0.5) is 11.4 Å². The molecule has 0 spiro atoms. The Morgan fingerprint density at radius 1 is 1.09 bits per heavy atom. The molecule has 0 saturated heterocycles. The first kappa shape index (κ1) is 15.2. The van der Waals surface area contributed by atoms with Gasteiger partial charge in [0, 0.05) is 28.4 Å². The van der Waals surface area contributed by atoms with Gasteiger partial charge in [0.15, 0.2) is 0 Å². The Balaban J connectivity index is 2.17. The van der Waals surface area contributed by atoms with Crippen molar-refractivity contribution in [2.24, 2.45) is 5.73 Å². The molecule has 7 nitrogen and oxygen atoms in total. The minimum absolute atomic E-state index is 0.0395. The fraction of sp³-hybridized carbons (Fsp3) is 0.0667. The van der Waals surface area contributed by atoms with E-state index >= 15 is 0 Å². The lowest BCUT2D eigenvalue weighted by Gasteiger charge is -2.06. The van der Waals surface area contributed by atoms with E-state index < -0.39 is 16.7 Å². The van der Waals surface area contributed by atoms with Gasteiger partial charge in [-0.25, -0.2) is 0 Å². The quantitative estimate of drug-likeness (QED) is 0.665. The number of hydrogen-bond acceptors (Lipinski definition) is 4. The van der Waals surface area contributed by atoms with E-state index in [2.05, 4.69) is 5.32 Å². The molecule has 0 bridgehead atoms. The minimum atomic E-state index is -0.552. The number of hydrogen-bond donors (Lipinski definition) is 2. The van der Waals surface area contributed by atoms with E-state index in [4.69, 9.17) is 5.73 Å². The van der Waals surface area contributed by atoms with Crippen molar-refractivity contribution in [2.45, 2.75) is 6.92 Å².